The van der Waals surface area contributed by atoms with Gasteiger partial charge in [0.25, 0.3) is 0 Å². The van der Waals surface area contributed by atoms with Gasteiger partial charge in [0.15, 0.2) is 0 Å². The van der Waals surface area contributed by atoms with Crippen molar-refractivity contribution in [2.75, 3.05) is 0 Å². The summed E-state index contributed by atoms with van der Waals surface area (Å²) in [5, 5.41) is 0. The molecule has 38 heavy (non-hydrogen) atoms. The Morgan fingerprint density at radius 2 is 1.92 bits per heavy atom. The van der Waals surface area contributed by atoms with Gasteiger partial charge in [0, 0.05) is 17.8 Å². The molecule has 2 rings (SSSR count). The highest BCUT2D eigenvalue weighted by Gasteiger charge is 2.44. The van der Waals surface area contributed by atoms with E-state index in [1.165, 1.54) is 6.42 Å². The summed E-state index contributed by atoms with van der Waals surface area (Å²) < 4.78 is 17.5. The summed E-state index contributed by atoms with van der Waals surface area (Å²) in [6.07, 6.45) is 13.5. The first-order valence-electron chi connectivity index (χ1n) is 14.6. The highest BCUT2D eigenvalue weighted by Crippen LogP contribution is 2.38. The summed E-state index contributed by atoms with van der Waals surface area (Å²) in [4.78, 5) is 24.4. The van der Waals surface area contributed by atoms with Crippen LogP contribution in [0.4, 0.5) is 4.79 Å². The lowest BCUT2D eigenvalue weighted by molar-refractivity contribution is -0.149. The van der Waals surface area contributed by atoms with Gasteiger partial charge in [0.2, 0.25) is 0 Å². The fourth-order valence-corrected chi connectivity index (χ4v) is 5.35. The van der Waals surface area contributed by atoms with E-state index in [1.807, 2.05) is 32.1 Å². The van der Waals surface area contributed by atoms with Gasteiger partial charge in [-0.3, -0.25) is 4.79 Å². The Kier molecular flexibility index (Phi) is 12.1. The maximum absolute atomic E-state index is 12.8. The van der Waals surface area contributed by atoms with Crippen molar-refractivity contribution >= 4 is 12.1 Å². The van der Waals surface area contributed by atoms with E-state index in [4.69, 9.17) is 19.9 Å². The van der Waals surface area contributed by atoms with E-state index >= 15 is 0 Å². The number of allylic oxidation sites excluding steroid dienone is 3. The second-order valence-electron chi connectivity index (χ2n) is 12.7. The fourth-order valence-electron chi connectivity index (χ4n) is 5.35. The minimum absolute atomic E-state index is 0.104. The Bertz CT molecular complexity index is 875. The molecule has 216 valence electrons. The summed E-state index contributed by atoms with van der Waals surface area (Å²) >= 11 is 0. The molecule has 0 saturated carbocycles. The van der Waals surface area contributed by atoms with Crippen molar-refractivity contribution in [3.63, 3.8) is 0 Å². The third-order valence-electron chi connectivity index (χ3n) is 8.67. The average molecular weight is 532 g/mol. The van der Waals surface area contributed by atoms with E-state index in [9.17, 15) is 9.59 Å². The zero-order valence-corrected chi connectivity index (χ0v) is 25.2. The smallest absolute Gasteiger partial charge is 0.405 e. The Balaban J connectivity index is 2.12. The lowest BCUT2D eigenvalue weighted by Gasteiger charge is -2.33. The van der Waals surface area contributed by atoms with Crippen LogP contribution in [0.1, 0.15) is 94.4 Å². The number of ether oxygens (including phenoxy) is 3. The maximum Gasteiger partial charge on any atom is 0.405 e. The second-order valence-corrected chi connectivity index (χ2v) is 12.7. The molecule has 6 heteroatoms. The average Bonchev–Trinajstić information content (AvgIpc) is 3.60. The first kappa shape index (κ1) is 32.1. The summed E-state index contributed by atoms with van der Waals surface area (Å²) in [6.45, 7) is 19.3. The van der Waals surface area contributed by atoms with Gasteiger partial charge >= 0.3 is 12.1 Å². The quantitative estimate of drug-likeness (QED) is 0.145. The number of esters is 1. The lowest BCUT2D eigenvalue weighted by Crippen LogP contribution is -2.35. The van der Waals surface area contributed by atoms with Crippen LogP contribution in [0.5, 0.6) is 0 Å². The molecule has 6 nitrogen and oxygen atoms in total. The summed E-state index contributed by atoms with van der Waals surface area (Å²) in [7, 11) is 0. The largest absolute Gasteiger partial charge is 0.457 e. The van der Waals surface area contributed by atoms with Crippen molar-refractivity contribution in [2.24, 2.45) is 40.7 Å². The predicted molar refractivity (Wildman–Crippen MR) is 153 cm³/mol. The molecule has 2 heterocycles. The molecule has 0 aromatic carbocycles. The number of hydrogen-bond acceptors (Lipinski definition) is 5. The molecule has 2 N–H and O–H groups in total. The molecule has 9 unspecified atom stereocenters. The van der Waals surface area contributed by atoms with E-state index in [2.05, 4.69) is 60.6 Å². The molecule has 1 fully saturated rings. The number of cyclic esters (lactones) is 1. The van der Waals surface area contributed by atoms with Crippen LogP contribution in [0, 0.1) is 35.0 Å². The standard InChI is InChI=1S/C32H53NO5/c1-10-22(4)25(7)30-26(36-30)18-20(2)12-11-13-23(5)29-24(6)14-15-27(37-31(33)35)32(8,9)17-16-21(3)19-28(34)38-29/h11-15,20-22,24-27,29-30H,10,16-19H2,1-9H3,(H2,33,35)/b12-11+,15-14-,23-13+. The van der Waals surface area contributed by atoms with Crippen LogP contribution in [0.15, 0.2) is 36.0 Å². The molecule has 9 atom stereocenters. The van der Waals surface area contributed by atoms with Crippen LogP contribution in [0.3, 0.4) is 0 Å². The number of epoxide rings is 1. The molecule has 1 saturated heterocycles. The first-order valence-corrected chi connectivity index (χ1v) is 14.6. The monoisotopic (exact) mass is 531 g/mol. The van der Waals surface area contributed by atoms with Gasteiger partial charge in [0.05, 0.1) is 12.2 Å². The van der Waals surface area contributed by atoms with Gasteiger partial charge < -0.3 is 19.9 Å². The molecular formula is C32H53NO5. The number of primary amides is 1. The number of carbonyl (C=O) groups excluding carboxylic acids is 2. The summed E-state index contributed by atoms with van der Waals surface area (Å²) in [5.41, 5.74) is 6.05. The van der Waals surface area contributed by atoms with Crippen molar-refractivity contribution < 1.29 is 23.8 Å². The van der Waals surface area contributed by atoms with Gasteiger partial charge in [-0.2, -0.15) is 0 Å². The number of nitrogens with two attached hydrogens (primary N) is 1. The second kappa shape index (κ2) is 14.3. The van der Waals surface area contributed by atoms with Gasteiger partial charge in [-0.1, -0.05) is 86.1 Å². The van der Waals surface area contributed by atoms with Gasteiger partial charge in [-0.25, -0.2) is 4.79 Å². The van der Waals surface area contributed by atoms with E-state index in [0.29, 0.717) is 36.4 Å². The molecule has 0 aromatic rings. The van der Waals surface area contributed by atoms with Crippen LogP contribution in [-0.4, -0.2) is 36.5 Å². The zero-order valence-electron chi connectivity index (χ0n) is 25.2. The SMILES string of the molecule is CCC(C)C(C)C1OC1CC(C)/C=C/C=C(\C)C1OC(=O)CC(C)CCC(C)(C)C(OC(N)=O)/C=C\C1C. The highest BCUT2D eigenvalue weighted by molar-refractivity contribution is 5.70. The Morgan fingerprint density at radius 1 is 1.24 bits per heavy atom. The molecule has 1 amide bonds. The van der Waals surface area contributed by atoms with Crippen molar-refractivity contribution in [2.45, 2.75) is 119 Å². The van der Waals surface area contributed by atoms with Crippen molar-refractivity contribution in [3.8, 4) is 0 Å². The predicted octanol–water partition coefficient (Wildman–Crippen LogP) is 7.38. The van der Waals surface area contributed by atoms with E-state index in [0.717, 1.165) is 24.8 Å². The molecule has 0 spiro atoms. The van der Waals surface area contributed by atoms with Crippen LogP contribution in [0.25, 0.3) is 0 Å². The number of amides is 1. The summed E-state index contributed by atoms with van der Waals surface area (Å²) in [6, 6.07) is 0. The van der Waals surface area contributed by atoms with Crippen LogP contribution in [0.2, 0.25) is 0 Å². The minimum atomic E-state index is -0.781. The third-order valence-corrected chi connectivity index (χ3v) is 8.67. The molecule has 2 aliphatic heterocycles. The number of carbonyl (C=O) groups is 2. The van der Waals surface area contributed by atoms with E-state index in [-0.39, 0.29) is 23.2 Å². The van der Waals surface area contributed by atoms with Gasteiger partial charge in [-0.05, 0) is 61.5 Å². The summed E-state index contributed by atoms with van der Waals surface area (Å²) in [5.74, 6) is 1.55. The van der Waals surface area contributed by atoms with Crippen molar-refractivity contribution in [3.05, 3.63) is 36.0 Å². The normalized spacial score (nSPS) is 33.8. The zero-order chi connectivity index (χ0) is 28.6. The van der Waals surface area contributed by atoms with Crippen LogP contribution >= 0.6 is 0 Å². The molecule has 0 aromatic heterocycles. The van der Waals surface area contributed by atoms with Crippen LogP contribution in [-0.2, 0) is 19.0 Å². The third kappa shape index (κ3) is 9.91. The maximum atomic E-state index is 12.8. The van der Waals surface area contributed by atoms with Crippen molar-refractivity contribution in [1.29, 1.82) is 0 Å². The number of rotatable bonds is 9. The first-order chi connectivity index (χ1) is 17.7. The Morgan fingerprint density at radius 3 is 2.55 bits per heavy atom. The Hall–Kier alpha value is -2.08. The fraction of sp³-hybridized carbons (Fsp3) is 0.750. The van der Waals surface area contributed by atoms with Crippen molar-refractivity contribution in [1.82, 2.24) is 0 Å². The minimum Gasteiger partial charge on any atom is -0.457 e. The lowest BCUT2D eigenvalue weighted by atomic mass is 9.78. The molecule has 0 bridgehead atoms. The van der Waals surface area contributed by atoms with E-state index in [1.54, 1.807) is 0 Å². The number of hydrogen-bond donors (Lipinski definition) is 1. The highest BCUT2D eigenvalue weighted by atomic mass is 16.6. The molecule has 0 aliphatic carbocycles. The topological polar surface area (TPSA) is 91.2 Å². The molecule has 0 radical (unpaired) electrons. The van der Waals surface area contributed by atoms with E-state index < -0.39 is 18.3 Å². The Labute approximate surface area is 231 Å². The van der Waals surface area contributed by atoms with Gasteiger partial charge in [0.1, 0.15) is 12.2 Å². The van der Waals surface area contributed by atoms with Crippen LogP contribution < -0.4 is 5.73 Å². The van der Waals surface area contributed by atoms with Gasteiger partial charge in [-0.15, -0.1) is 0 Å². The molecule has 2 aliphatic rings. The molecular weight excluding hydrogens is 478 g/mol.